The zero-order chi connectivity index (χ0) is 28.8. The van der Waals surface area contributed by atoms with Crippen molar-refractivity contribution in [2.45, 2.75) is 37.6 Å². The molecule has 0 bridgehead atoms. The molecular formula is C31H37N5O4S. The van der Waals surface area contributed by atoms with Crippen LogP contribution in [0.25, 0.3) is 11.3 Å². The number of nitrogens with one attached hydrogen (secondary N) is 1. The van der Waals surface area contributed by atoms with Gasteiger partial charge in [0.2, 0.25) is 0 Å². The maximum Gasteiger partial charge on any atom is 0.325 e. The van der Waals surface area contributed by atoms with Gasteiger partial charge in [-0.2, -0.15) is 0 Å². The molecule has 1 N–H and O–H groups in total. The molecule has 1 aliphatic heterocycles. The van der Waals surface area contributed by atoms with E-state index >= 15 is 0 Å². The first-order valence-corrected chi connectivity index (χ1v) is 15.0. The summed E-state index contributed by atoms with van der Waals surface area (Å²) in [5, 5.41) is 6.16. The summed E-state index contributed by atoms with van der Waals surface area (Å²) in [6.07, 6.45) is 3.63. The highest BCUT2D eigenvalue weighted by atomic mass is 32.1. The highest BCUT2D eigenvalue weighted by Gasteiger charge is 2.44. The number of ether oxygens (including phenoxy) is 1. The van der Waals surface area contributed by atoms with Crippen LogP contribution >= 0.6 is 11.3 Å². The van der Waals surface area contributed by atoms with E-state index in [9.17, 15) is 14.4 Å². The van der Waals surface area contributed by atoms with Crippen LogP contribution < -0.4 is 15.1 Å². The highest BCUT2D eigenvalue weighted by molar-refractivity contribution is 7.14. The molecule has 0 radical (unpaired) electrons. The number of nitrogens with zero attached hydrogens (tertiary/aromatic N) is 4. The van der Waals surface area contributed by atoms with Gasteiger partial charge in [-0.05, 0) is 44.2 Å². The summed E-state index contributed by atoms with van der Waals surface area (Å²) in [5.74, 6) is -1.13. The van der Waals surface area contributed by atoms with Crippen LogP contribution in [-0.2, 0) is 14.3 Å². The standard InChI is InChI=1S/C31H37N5O4S/c1-34-17-19-35(20-18-34)30-32-26(22-41-30)23-11-13-24(14-12-23)28(38)33-31(15-7-4-8-16-31)29(39)36(21-27(37)40-2)25-9-5-3-6-10-25/h3,5-6,9-14,22H,4,7-8,15-21H2,1-2H3,(H,33,38). The van der Waals surface area contributed by atoms with E-state index in [1.165, 1.54) is 12.0 Å². The van der Waals surface area contributed by atoms with Gasteiger partial charge in [-0.25, -0.2) is 4.98 Å². The van der Waals surface area contributed by atoms with Crippen molar-refractivity contribution in [1.82, 2.24) is 15.2 Å². The second-order valence-electron chi connectivity index (χ2n) is 10.8. The molecule has 1 aliphatic carbocycles. The largest absolute Gasteiger partial charge is 0.468 e. The molecule has 216 valence electrons. The van der Waals surface area contributed by atoms with Gasteiger partial charge in [0.15, 0.2) is 5.13 Å². The topological polar surface area (TPSA) is 95.1 Å². The van der Waals surface area contributed by atoms with Crippen LogP contribution in [0.4, 0.5) is 10.8 Å². The van der Waals surface area contributed by atoms with Crippen molar-refractivity contribution >= 4 is 39.9 Å². The van der Waals surface area contributed by atoms with Gasteiger partial charge in [-0.3, -0.25) is 19.3 Å². The Bertz CT molecular complexity index is 1350. The number of para-hydroxylation sites is 1. The fourth-order valence-electron chi connectivity index (χ4n) is 5.51. The minimum absolute atomic E-state index is 0.227. The van der Waals surface area contributed by atoms with Gasteiger partial charge in [0.1, 0.15) is 12.1 Å². The molecule has 5 rings (SSSR count). The quantitative estimate of drug-likeness (QED) is 0.402. The Hall–Kier alpha value is -3.76. The van der Waals surface area contributed by atoms with Gasteiger partial charge in [-0.1, -0.05) is 49.6 Å². The molecule has 2 aliphatic rings. The Morgan fingerprint density at radius 3 is 2.32 bits per heavy atom. The average Bonchev–Trinajstić information content (AvgIpc) is 3.51. The number of benzene rings is 2. The van der Waals surface area contributed by atoms with Gasteiger partial charge < -0.3 is 19.9 Å². The van der Waals surface area contributed by atoms with Crippen LogP contribution in [-0.4, -0.2) is 80.1 Å². The Labute approximate surface area is 245 Å². The van der Waals surface area contributed by atoms with Crippen molar-refractivity contribution in [3.63, 3.8) is 0 Å². The van der Waals surface area contributed by atoms with E-state index < -0.39 is 11.5 Å². The van der Waals surface area contributed by atoms with Crippen molar-refractivity contribution in [2.24, 2.45) is 0 Å². The summed E-state index contributed by atoms with van der Waals surface area (Å²) in [4.78, 5) is 50.8. The molecule has 3 aromatic rings. The van der Waals surface area contributed by atoms with Gasteiger partial charge in [-0.15, -0.1) is 11.3 Å². The van der Waals surface area contributed by atoms with Crippen LogP contribution in [0.1, 0.15) is 42.5 Å². The summed E-state index contributed by atoms with van der Waals surface area (Å²) in [7, 11) is 3.44. The maximum absolute atomic E-state index is 14.1. The van der Waals surface area contributed by atoms with Gasteiger partial charge >= 0.3 is 5.97 Å². The molecule has 0 spiro atoms. The normalized spacial score (nSPS) is 17.1. The minimum atomic E-state index is -1.11. The van der Waals surface area contributed by atoms with Crippen molar-refractivity contribution < 1.29 is 19.1 Å². The van der Waals surface area contributed by atoms with Crippen molar-refractivity contribution in [1.29, 1.82) is 0 Å². The fraction of sp³-hybridized carbons (Fsp3) is 0.419. The van der Waals surface area contributed by atoms with Crippen molar-refractivity contribution in [3.05, 3.63) is 65.5 Å². The lowest BCUT2D eigenvalue weighted by atomic mass is 9.80. The second kappa shape index (κ2) is 12.8. The van der Waals surface area contributed by atoms with Crippen molar-refractivity contribution in [2.75, 3.05) is 56.7 Å². The number of hydrogen-bond acceptors (Lipinski definition) is 8. The molecule has 1 saturated heterocycles. The number of amides is 2. The van der Waals surface area contributed by atoms with E-state index in [0.717, 1.165) is 61.8 Å². The number of carbonyl (C=O) groups excluding carboxylic acids is 3. The molecule has 2 fully saturated rings. The summed E-state index contributed by atoms with van der Waals surface area (Å²) in [6, 6.07) is 16.4. The van der Waals surface area contributed by atoms with E-state index in [2.05, 4.69) is 27.5 Å². The molecule has 0 atom stereocenters. The monoisotopic (exact) mass is 575 g/mol. The fourth-order valence-corrected chi connectivity index (χ4v) is 6.40. The number of thiazole rings is 1. The van der Waals surface area contributed by atoms with Crippen molar-refractivity contribution in [3.8, 4) is 11.3 Å². The Morgan fingerprint density at radius 1 is 0.976 bits per heavy atom. The molecule has 2 aromatic carbocycles. The molecule has 2 heterocycles. The first kappa shape index (κ1) is 28.8. The third-order valence-electron chi connectivity index (χ3n) is 8.01. The smallest absolute Gasteiger partial charge is 0.325 e. The number of esters is 1. The molecule has 10 heteroatoms. The van der Waals surface area contributed by atoms with Crippen LogP contribution in [0.15, 0.2) is 60.0 Å². The summed E-state index contributed by atoms with van der Waals surface area (Å²) in [6.45, 7) is 3.74. The molecule has 2 amide bonds. The third-order valence-corrected chi connectivity index (χ3v) is 8.91. The van der Waals surface area contributed by atoms with Gasteiger partial charge in [0.25, 0.3) is 11.8 Å². The lowest BCUT2D eigenvalue weighted by Gasteiger charge is -2.40. The molecule has 1 saturated carbocycles. The van der Waals surface area contributed by atoms with Gasteiger partial charge in [0.05, 0.1) is 12.8 Å². The number of methoxy groups -OCH3 is 1. The van der Waals surface area contributed by atoms with E-state index in [1.54, 1.807) is 35.6 Å². The molecular weight excluding hydrogens is 538 g/mol. The van der Waals surface area contributed by atoms with Crippen LogP contribution in [0.5, 0.6) is 0 Å². The number of anilines is 2. The first-order valence-electron chi connectivity index (χ1n) is 14.1. The number of rotatable bonds is 8. The number of carbonyl (C=O) groups is 3. The van der Waals surface area contributed by atoms with Crippen LogP contribution in [0, 0.1) is 0 Å². The lowest BCUT2D eigenvalue weighted by molar-refractivity contribution is -0.140. The number of hydrogen-bond donors (Lipinski definition) is 1. The predicted molar refractivity (Wildman–Crippen MR) is 161 cm³/mol. The van der Waals surface area contributed by atoms with Gasteiger partial charge in [0, 0.05) is 48.4 Å². The Morgan fingerprint density at radius 2 is 1.66 bits per heavy atom. The predicted octanol–water partition coefficient (Wildman–Crippen LogP) is 4.20. The van der Waals surface area contributed by atoms with E-state index in [-0.39, 0.29) is 18.4 Å². The molecule has 1 aromatic heterocycles. The minimum Gasteiger partial charge on any atom is -0.468 e. The number of piperazine rings is 1. The van der Waals surface area contributed by atoms with Crippen LogP contribution in [0.3, 0.4) is 0 Å². The third kappa shape index (κ3) is 6.60. The number of likely N-dealkylation sites (N-methyl/N-ethyl adjacent to an activating group) is 1. The van der Waals surface area contributed by atoms with E-state index in [1.807, 2.05) is 30.3 Å². The summed E-state index contributed by atoms with van der Waals surface area (Å²) < 4.78 is 4.88. The van der Waals surface area contributed by atoms with E-state index in [0.29, 0.717) is 24.1 Å². The molecule has 9 nitrogen and oxygen atoms in total. The first-order chi connectivity index (χ1) is 19.9. The van der Waals surface area contributed by atoms with Crippen LogP contribution in [0.2, 0.25) is 0 Å². The van der Waals surface area contributed by atoms with E-state index in [4.69, 9.17) is 9.72 Å². The molecule has 0 unspecified atom stereocenters. The number of aromatic nitrogens is 1. The summed E-state index contributed by atoms with van der Waals surface area (Å²) >= 11 is 1.64. The molecule has 41 heavy (non-hydrogen) atoms. The maximum atomic E-state index is 14.1. The SMILES string of the molecule is COC(=O)CN(C(=O)C1(NC(=O)c2ccc(-c3csc(N4CCN(C)CC4)n3)cc2)CCCCC1)c1ccccc1. The lowest BCUT2D eigenvalue weighted by Crippen LogP contribution is -2.61. The Kier molecular flexibility index (Phi) is 8.99. The summed E-state index contributed by atoms with van der Waals surface area (Å²) in [5.41, 5.74) is 1.78. The second-order valence-corrected chi connectivity index (χ2v) is 11.6. The Balaban J connectivity index is 1.33. The zero-order valence-corrected chi connectivity index (χ0v) is 24.5. The highest BCUT2D eigenvalue weighted by Crippen LogP contribution is 2.33. The average molecular weight is 576 g/mol. The zero-order valence-electron chi connectivity index (χ0n) is 23.7.